The van der Waals surface area contributed by atoms with E-state index < -0.39 is 11.6 Å². The minimum Gasteiger partial charge on any atom is -0.505 e. The first kappa shape index (κ1) is 11.4. The molecule has 0 aliphatic rings. The Balaban J connectivity index is 2.05. The lowest BCUT2D eigenvalue weighted by Gasteiger charge is -2.06. The van der Waals surface area contributed by atoms with Crippen LogP contribution in [0.15, 0.2) is 42.5 Å². The monoisotopic (exact) mass is 236 g/mol. The standard InChI is InChI=1S/C13H10F2O2/c14-10-2-1-3-11(7-10)17-8-9-4-5-13(16)12(15)6-9/h1-7,16H,8H2. The second kappa shape index (κ2) is 4.82. The summed E-state index contributed by atoms with van der Waals surface area (Å²) >= 11 is 0. The van der Waals surface area contributed by atoms with E-state index in [1.165, 1.54) is 36.4 Å². The molecule has 0 aliphatic carbocycles. The summed E-state index contributed by atoms with van der Waals surface area (Å²) in [5.74, 6) is -1.12. The molecule has 4 heteroatoms. The van der Waals surface area contributed by atoms with Crippen molar-refractivity contribution in [2.75, 3.05) is 0 Å². The molecule has 88 valence electrons. The van der Waals surface area contributed by atoms with Gasteiger partial charge in [-0.15, -0.1) is 0 Å². The Labute approximate surface area is 97.1 Å². The van der Waals surface area contributed by atoms with E-state index in [0.717, 1.165) is 0 Å². The van der Waals surface area contributed by atoms with Crippen LogP contribution in [0, 0.1) is 11.6 Å². The average molecular weight is 236 g/mol. The molecular weight excluding hydrogens is 226 g/mol. The zero-order chi connectivity index (χ0) is 12.3. The van der Waals surface area contributed by atoms with Gasteiger partial charge in [-0.3, -0.25) is 0 Å². The van der Waals surface area contributed by atoms with Crippen molar-refractivity contribution in [1.29, 1.82) is 0 Å². The lowest BCUT2D eigenvalue weighted by Crippen LogP contribution is -1.96. The second-order valence-electron chi connectivity index (χ2n) is 3.53. The lowest BCUT2D eigenvalue weighted by molar-refractivity contribution is 0.303. The molecule has 0 saturated heterocycles. The number of ether oxygens (including phenoxy) is 1. The van der Waals surface area contributed by atoms with Gasteiger partial charge in [0.2, 0.25) is 0 Å². The predicted octanol–water partition coefficient (Wildman–Crippen LogP) is 3.25. The van der Waals surface area contributed by atoms with Crippen molar-refractivity contribution in [2.24, 2.45) is 0 Å². The molecule has 0 bridgehead atoms. The molecule has 1 N–H and O–H groups in total. The Morgan fingerprint density at radius 3 is 2.59 bits per heavy atom. The van der Waals surface area contributed by atoms with Crippen LogP contribution in [-0.4, -0.2) is 5.11 Å². The highest BCUT2D eigenvalue weighted by molar-refractivity contribution is 5.28. The van der Waals surface area contributed by atoms with Crippen molar-refractivity contribution < 1.29 is 18.6 Å². The summed E-state index contributed by atoms with van der Waals surface area (Å²) in [6.45, 7) is 0.112. The van der Waals surface area contributed by atoms with Gasteiger partial charge in [0.25, 0.3) is 0 Å². The third-order valence-corrected chi connectivity index (χ3v) is 2.21. The summed E-state index contributed by atoms with van der Waals surface area (Å²) in [6.07, 6.45) is 0. The van der Waals surface area contributed by atoms with Crippen molar-refractivity contribution >= 4 is 0 Å². The summed E-state index contributed by atoms with van der Waals surface area (Å²) in [5, 5.41) is 9.00. The number of phenolic OH excluding ortho intramolecular Hbond substituents is 1. The minimum absolute atomic E-state index is 0.112. The Bertz CT molecular complexity index is 527. The maximum atomic E-state index is 13.0. The van der Waals surface area contributed by atoms with E-state index in [1.807, 2.05) is 0 Å². The van der Waals surface area contributed by atoms with Crippen LogP contribution in [0.1, 0.15) is 5.56 Å². The maximum absolute atomic E-state index is 13.0. The fourth-order valence-corrected chi connectivity index (χ4v) is 1.36. The average Bonchev–Trinajstić information content (AvgIpc) is 2.31. The topological polar surface area (TPSA) is 29.5 Å². The molecule has 0 amide bonds. The lowest BCUT2D eigenvalue weighted by atomic mass is 10.2. The molecule has 0 fully saturated rings. The smallest absolute Gasteiger partial charge is 0.165 e. The molecule has 0 aliphatic heterocycles. The molecule has 0 aromatic heterocycles. The third-order valence-electron chi connectivity index (χ3n) is 2.21. The fourth-order valence-electron chi connectivity index (χ4n) is 1.36. The summed E-state index contributed by atoms with van der Waals surface area (Å²) in [4.78, 5) is 0. The van der Waals surface area contributed by atoms with E-state index in [2.05, 4.69) is 0 Å². The van der Waals surface area contributed by atoms with Gasteiger partial charge in [-0.05, 0) is 29.8 Å². The molecule has 0 atom stereocenters. The number of hydrogen-bond donors (Lipinski definition) is 1. The van der Waals surface area contributed by atoms with Crippen LogP contribution < -0.4 is 4.74 Å². The molecule has 2 aromatic carbocycles. The number of rotatable bonds is 3. The summed E-state index contributed by atoms with van der Waals surface area (Å²) in [6, 6.07) is 9.66. The van der Waals surface area contributed by atoms with E-state index in [-0.39, 0.29) is 12.4 Å². The molecule has 0 unspecified atom stereocenters. The number of benzene rings is 2. The summed E-state index contributed by atoms with van der Waals surface area (Å²) < 4.78 is 31.1. The van der Waals surface area contributed by atoms with Gasteiger partial charge in [0.1, 0.15) is 18.2 Å². The Morgan fingerprint density at radius 1 is 1.06 bits per heavy atom. The van der Waals surface area contributed by atoms with Gasteiger partial charge < -0.3 is 9.84 Å². The molecule has 0 radical (unpaired) electrons. The van der Waals surface area contributed by atoms with E-state index in [4.69, 9.17) is 9.84 Å². The molecule has 0 saturated carbocycles. The largest absolute Gasteiger partial charge is 0.505 e. The maximum Gasteiger partial charge on any atom is 0.165 e. The van der Waals surface area contributed by atoms with Gasteiger partial charge in [-0.25, -0.2) is 8.78 Å². The van der Waals surface area contributed by atoms with Crippen LogP contribution in [0.5, 0.6) is 11.5 Å². The van der Waals surface area contributed by atoms with E-state index in [0.29, 0.717) is 11.3 Å². The van der Waals surface area contributed by atoms with E-state index in [1.54, 1.807) is 6.07 Å². The highest BCUT2D eigenvalue weighted by atomic mass is 19.1. The van der Waals surface area contributed by atoms with Gasteiger partial charge in [-0.1, -0.05) is 12.1 Å². The van der Waals surface area contributed by atoms with E-state index in [9.17, 15) is 8.78 Å². The van der Waals surface area contributed by atoms with Gasteiger partial charge in [-0.2, -0.15) is 0 Å². The predicted molar refractivity (Wildman–Crippen MR) is 58.8 cm³/mol. The van der Waals surface area contributed by atoms with Crippen molar-refractivity contribution in [3.8, 4) is 11.5 Å². The zero-order valence-electron chi connectivity index (χ0n) is 8.86. The molecule has 17 heavy (non-hydrogen) atoms. The molecular formula is C13H10F2O2. The van der Waals surface area contributed by atoms with Gasteiger partial charge in [0, 0.05) is 6.07 Å². The number of halogens is 2. The van der Waals surface area contributed by atoms with Gasteiger partial charge >= 0.3 is 0 Å². The van der Waals surface area contributed by atoms with Crippen LogP contribution >= 0.6 is 0 Å². The first-order chi connectivity index (χ1) is 8.15. The van der Waals surface area contributed by atoms with Crippen molar-refractivity contribution in [1.82, 2.24) is 0 Å². The summed E-state index contributed by atoms with van der Waals surface area (Å²) in [7, 11) is 0. The van der Waals surface area contributed by atoms with Crippen LogP contribution in [0.3, 0.4) is 0 Å². The van der Waals surface area contributed by atoms with E-state index >= 15 is 0 Å². The van der Waals surface area contributed by atoms with Crippen molar-refractivity contribution in [2.45, 2.75) is 6.61 Å². The second-order valence-corrected chi connectivity index (χ2v) is 3.53. The Morgan fingerprint density at radius 2 is 1.88 bits per heavy atom. The van der Waals surface area contributed by atoms with Crippen LogP contribution in [0.25, 0.3) is 0 Å². The molecule has 0 spiro atoms. The number of aromatic hydroxyl groups is 1. The molecule has 2 nitrogen and oxygen atoms in total. The highest BCUT2D eigenvalue weighted by Gasteiger charge is 2.02. The van der Waals surface area contributed by atoms with Gasteiger partial charge in [0.15, 0.2) is 11.6 Å². The first-order valence-electron chi connectivity index (χ1n) is 5.01. The normalized spacial score (nSPS) is 10.2. The van der Waals surface area contributed by atoms with Crippen molar-refractivity contribution in [3.05, 3.63) is 59.7 Å². The third kappa shape index (κ3) is 2.93. The summed E-state index contributed by atoms with van der Waals surface area (Å²) in [5.41, 5.74) is 0.560. The molecule has 2 rings (SSSR count). The minimum atomic E-state index is -0.703. The van der Waals surface area contributed by atoms with Gasteiger partial charge in [0.05, 0.1) is 0 Å². The van der Waals surface area contributed by atoms with Crippen LogP contribution in [0.4, 0.5) is 8.78 Å². The fraction of sp³-hybridized carbons (Fsp3) is 0.0769. The van der Waals surface area contributed by atoms with Crippen LogP contribution in [0.2, 0.25) is 0 Å². The number of phenols is 1. The first-order valence-corrected chi connectivity index (χ1v) is 5.01. The molecule has 0 heterocycles. The quantitative estimate of drug-likeness (QED) is 0.886. The SMILES string of the molecule is Oc1ccc(COc2cccc(F)c2)cc1F. The highest BCUT2D eigenvalue weighted by Crippen LogP contribution is 2.18. The number of hydrogen-bond acceptors (Lipinski definition) is 2. The molecule has 2 aromatic rings. The van der Waals surface area contributed by atoms with Crippen molar-refractivity contribution in [3.63, 3.8) is 0 Å². The van der Waals surface area contributed by atoms with Crippen LogP contribution in [-0.2, 0) is 6.61 Å². The Hall–Kier alpha value is -2.10. The Kier molecular flexibility index (Phi) is 3.23. The zero-order valence-corrected chi connectivity index (χ0v) is 8.86.